The maximum Gasteiger partial charge on any atom is 0.490 e. The standard InChI is InChI=1S/C11H14N4.C2HF3O2/c1-2-11-8(6-13-15-11)5-9(1)14-10-3-4-12-7-10;3-2(4,5)1(6)7/h1-2,5-6,10,12,14H,3-4,7H2,(H,13,15);(H,6,7). The first-order chi connectivity index (χ1) is 10.4. The zero-order valence-corrected chi connectivity index (χ0v) is 11.4. The molecule has 0 amide bonds. The number of benzene rings is 1. The van der Waals surface area contributed by atoms with Crippen LogP contribution in [0.2, 0.25) is 0 Å². The van der Waals surface area contributed by atoms with Crippen LogP contribution in [0.3, 0.4) is 0 Å². The summed E-state index contributed by atoms with van der Waals surface area (Å²) in [7, 11) is 0. The van der Waals surface area contributed by atoms with Gasteiger partial charge in [0.25, 0.3) is 0 Å². The van der Waals surface area contributed by atoms with Crippen LogP contribution in [-0.4, -0.2) is 46.6 Å². The van der Waals surface area contributed by atoms with Gasteiger partial charge in [0, 0.05) is 23.7 Å². The number of carboxylic acid groups (broad SMARTS) is 1. The van der Waals surface area contributed by atoms with E-state index in [4.69, 9.17) is 9.90 Å². The number of hydrogen-bond acceptors (Lipinski definition) is 4. The van der Waals surface area contributed by atoms with Crippen molar-refractivity contribution in [3.05, 3.63) is 24.4 Å². The van der Waals surface area contributed by atoms with Crippen LogP contribution < -0.4 is 10.6 Å². The maximum atomic E-state index is 10.6. The highest BCUT2D eigenvalue weighted by Crippen LogP contribution is 2.18. The van der Waals surface area contributed by atoms with Gasteiger partial charge in [0.1, 0.15) is 0 Å². The Morgan fingerprint density at radius 2 is 2.14 bits per heavy atom. The van der Waals surface area contributed by atoms with Crippen molar-refractivity contribution in [3.8, 4) is 0 Å². The summed E-state index contributed by atoms with van der Waals surface area (Å²) < 4.78 is 31.7. The van der Waals surface area contributed by atoms with Gasteiger partial charge in [-0.25, -0.2) is 4.79 Å². The molecular formula is C13H15F3N4O2. The molecule has 1 aromatic heterocycles. The second-order valence-corrected chi connectivity index (χ2v) is 4.81. The zero-order valence-electron chi connectivity index (χ0n) is 11.4. The summed E-state index contributed by atoms with van der Waals surface area (Å²) in [5.74, 6) is -2.76. The van der Waals surface area contributed by atoms with Crippen molar-refractivity contribution in [2.45, 2.75) is 18.6 Å². The lowest BCUT2D eigenvalue weighted by atomic mass is 10.2. The second-order valence-electron chi connectivity index (χ2n) is 4.81. The highest BCUT2D eigenvalue weighted by atomic mass is 19.4. The zero-order chi connectivity index (χ0) is 16.2. The molecule has 0 spiro atoms. The molecule has 1 unspecified atom stereocenters. The predicted molar refractivity (Wildman–Crippen MR) is 74.7 cm³/mol. The third-order valence-electron chi connectivity index (χ3n) is 3.11. The number of fused-ring (bicyclic) bond motifs is 1. The fourth-order valence-corrected chi connectivity index (χ4v) is 2.05. The molecule has 0 aliphatic carbocycles. The van der Waals surface area contributed by atoms with Crippen LogP contribution in [0.4, 0.5) is 18.9 Å². The van der Waals surface area contributed by atoms with E-state index in [1.807, 2.05) is 6.20 Å². The van der Waals surface area contributed by atoms with Crippen molar-refractivity contribution in [3.63, 3.8) is 0 Å². The van der Waals surface area contributed by atoms with Crippen LogP contribution in [-0.2, 0) is 4.79 Å². The molecule has 4 N–H and O–H groups in total. The summed E-state index contributed by atoms with van der Waals surface area (Å²) in [4.78, 5) is 8.90. The predicted octanol–water partition coefficient (Wildman–Crippen LogP) is 1.97. The van der Waals surface area contributed by atoms with E-state index < -0.39 is 12.1 Å². The largest absolute Gasteiger partial charge is 0.490 e. The Hall–Kier alpha value is -2.29. The summed E-state index contributed by atoms with van der Waals surface area (Å²) in [5, 5.41) is 22.1. The molecule has 0 bridgehead atoms. The molecule has 0 saturated carbocycles. The third kappa shape index (κ3) is 4.35. The van der Waals surface area contributed by atoms with E-state index in [2.05, 4.69) is 39.0 Å². The van der Waals surface area contributed by atoms with E-state index >= 15 is 0 Å². The number of aromatic nitrogens is 2. The summed E-state index contributed by atoms with van der Waals surface area (Å²) >= 11 is 0. The summed E-state index contributed by atoms with van der Waals surface area (Å²) in [5.41, 5.74) is 2.27. The summed E-state index contributed by atoms with van der Waals surface area (Å²) in [6, 6.07) is 6.86. The van der Waals surface area contributed by atoms with Crippen LogP contribution in [0, 0.1) is 0 Å². The SMILES string of the molecule is O=C(O)C(F)(F)F.c1cc2[nH]ncc2cc1NC1CCNC1. The lowest BCUT2D eigenvalue weighted by Crippen LogP contribution is -2.21. The average Bonchev–Trinajstić information content (AvgIpc) is 3.08. The van der Waals surface area contributed by atoms with Crippen molar-refractivity contribution in [1.82, 2.24) is 15.5 Å². The van der Waals surface area contributed by atoms with Gasteiger partial charge >= 0.3 is 12.1 Å². The molecule has 6 nitrogen and oxygen atoms in total. The number of H-pyrrole nitrogens is 1. The summed E-state index contributed by atoms with van der Waals surface area (Å²) in [6.07, 6.45) is -2.03. The molecule has 2 heterocycles. The smallest absolute Gasteiger partial charge is 0.475 e. The van der Waals surface area contributed by atoms with E-state index in [0.717, 1.165) is 24.0 Å². The monoisotopic (exact) mass is 316 g/mol. The third-order valence-corrected chi connectivity index (χ3v) is 3.11. The van der Waals surface area contributed by atoms with Crippen LogP contribution >= 0.6 is 0 Å². The Labute approximate surface area is 123 Å². The average molecular weight is 316 g/mol. The van der Waals surface area contributed by atoms with Gasteiger partial charge in [-0.2, -0.15) is 18.3 Å². The van der Waals surface area contributed by atoms with Gasteiger partial charge in [-0.15, -0.1) is 0 Å². The first-order valence-corrected chi connectivity index (χ1v) is 6.57. The number of carbonyl (C=O) groups is 1. The molecule has 1 fully saturated rings. The number of alkyl halides is 3. The van der Waals surface area contributed by atoms with Crippen molar-refractivity contribution in [2.24, 2.45) is 0 Å². The van der Waals surface area contributed by atoms with Gasteiger partial charge in [-0.05, 0) is 31.2 Å². The molecule has 1 aromatic carbocycles. The van der Waals surface area contributed by atoms with E-state index in [0.29, 0.717) is 6.04 Å². The fourth-order valence-electron chi connectivity index (χ4n) is 2.05. The quantitative estimate of drug-likeness (QED) is 0.680. The van der Waals surface area contributed by atoms with Crippen LogP contribution in [0.25, 0.3) is 10.9 Å². The number of nitrogens with one attached hydrogen (secondary N) is 3. The highest BCUT2D eigenvalue weighted by molar-refractivity contribution is 5.81. The van der Waals surface area contributed by atoms with Gasteiger partial charge in [-0.1, -0.05) is 0 Å². The number of aliphatic carboxylic acids is 1. The van der Waals surface area contributed by atoms with Gasteiger partial charge in [0.15, 0.2) is 0 Å². The van der Waals surface area contributed by atoms with Crippen LogP contribution in [0.1, 0.15) is 6.42 Å². The lowest BCUT2D eigenvalue weighted by Gasteiger charge is -2.12. The molecule has 1 saturated heterocycles. The van der Waals surface area contributed by atoms with Crippen molar-refractivity contribution >= 4 is 22.6 Å². The van der Waals surface area contributed by atoms with E-state index in [1.54, 1.807) is 0 Å². The number of anilines is 1. The molecule has 1 aliphatic rings. The number of hydrogen-bond donors (Lipinski definition) is 4. The fraction of sp³-hybridized carbons (Fsp3) is 0.385. The minimum atomic E-state index is -5.08. The number of rotatable bonds is 2. The first kappa shape index (κ1) is 16.1. The number of nitrogens with zero attached hydrogens (tertiary/aromatic N) is 1. The lowest BCUT2D eigenvalue weighted by molar-refractivity contribution is -0.192. The highest BCUT2D eigenvalue weighted by Gasteiger charge is 2.38. The van der Waals surface area contributed by atoms with Crippen molar-refractivity contribution in [1.29, 1.82) is 0 Å². The summed E-state index contributed by atoms with van der Waals surface area (Å²) in [6.45, 7) is 2.18. The Bertz CT molecular complexity index is 635. The molecule has 2 aromatic rings. The van der Waals surface area contributed by atoms with Gasteiger partial charge < -0.3 is 15.7 Å². The van der Waals surface area contributed by atoms with E-state index in [1.165, 1.54) is 12.1 Å². The van der Waals surface area contributed by atoms with Gasteiger partial charge in [-0.3, -0.25) is 5.10 Å². The van der Waals surface area contributed by atoms with Gasteiger partial charge in [0.05, 0.1) is 11.7 Å². The molecular weight excluding hydrogens is 301 g/mol. The second kappa shape index (κ2) is 6.65. The molecule has 120 valence electrons. The minimum absolute atomic E-state index is 0.564. The molecule has 0 radical (unpaired) electrons. The Kier molecular flexibility index (Phi) is 4.86. The number of halogens is 3. The van der Waals surface area contributed by atoms with Crippen molar-refractivity contribution < 1.29 is 23.1 Å². The Balaban J connectivity index is 0.000000217. The normalized spacial score (nSPS) is 17.9. The first-order valence-electron chi connectivity index (χ1n) is 6.57. The molecule has 1 atom stereocenters. The number of carboxylic acids is 1. The molecule has 1 aliphatic heterocycles. The Morgan fingerprint density at radius 3 is 2.73 bits per heavy atom. The van der Waals surface area contributed by atoms with Crippen LogP contribution in [0.15, 0.2) is 24.4 Å². The van der Waals surface area contributed by atoms with Crippen LogP contribution in [0.5, 0.6) is 0 Å². The minimum Gasteiger partial charge on any atom is -0.475 e. The maximum absolute atomic E-state index is 10.6. The molecule has 9 heteroatoms. The molecule has 3 rings (SSSR count). The van der Waals surface area contributed by atoms with E-state index in [-0.39, 0.29) is 0 Å². The topological polar surface area (TPSA) is 90.0 Å². The Morgan fingerprint density at radius 1 is 1.41 bits per heavy atom. The molecule has 22 heavy (non-hydrogen) atoms. The van der Waals surface area contributed by atoms with Crippen molar-refractivity contribution in [2.75, 3.05) is 18.4 Å². The van der Waals surface area contributed by atoms with E-state index in [9.17, 15) is 13.2 Å². The number of aromatic amines is 1. The van der Waals surface area contributed by atoms with Gasteiger partial charge in [0.2, 0.25) is 0 Å².